The molecule has 272 valence electrons. The fraction of sp³-hybridized carbons (Fsp3) is 0. The molecule has 0 aliphatic carbocycles. The van der Waals surface area contributed by atoms with Crippen molar-refractivity contribution in [2.45, 2.75) is 0 Å². The monoisotopic (exact) mass is 738 g/mol. The smallest absolute Gasteiger partial charge is 0.0553 e. The zero-order chi connectivity index (χ0) is 38.4. The number of para-hydroxylation sites is 1. The van der Waals surface area contributed by atoms with E-state index in [9.17, 15) is 0 Å². The Hall–Kier alpha value is -7.68. The zero-order valence-electron chi connectivity index (χ0n) is 31.8. The summed E-state index contributed by atoms with van der Waals surface area (Å²) in [6.07, 6.45) is 0. The van der Waals surface area contributed by atoms with Crippen LogP contribution in [0.25, 0.3) is 82.4 Å². The quantitative estimate of drug-likeness (QED) is 0.158. The molecule has 58 heavy (non-hydrogen) atoms. The number of rotatable bonds is 7. The molecular formula is C56H38N2. The predicted molar refractivity (Wildman–Crippen MR) is 247 cm³/mol. The fourth-order valence-electron chi connectivity index (χ4n) is 8.77. The fourth-order valence-corrected chi connectivity index (χ4v) is 8.77. The van der Waals surface area contributed by atoms with Crippen molar-refractivity contribution >= 4 is 60.4 Å². The molecule has 11 aromatic rings. The van der Waals surface area contributed by atoms with Crippen LogP contribution in [-0.2, 0) is 0 Å². The number of anilines is 3. The molecule has 0 saturated heterocycles. The third-order valence-corrected chi connectivity index (χ3v) is 11.6. The maximum Gasteiger partial charge on any atom is 0.0553 e. The van der Waals surface area contributed by atoms with Gasteiger partial charge in [-0.05, 0) is 122 Å². The first-order chi connectivity index (χ1) is 28.8. The van der Waals surface area contributed by atoms with Crippen LogP contribution in [0.15, 0.2) is 231 Å². The van der Waals surface area contributed by atoms with Crippen molar-refractivity contribution in [3.8, 4) is 39.1 Å². The molecule has 0 amide bonds. The Morgan fingerprint density at radius 2 is 0.810 bits per heavy atom. The largest absolute Gasteiger partial charge is 0.311 e. The minimum absolute atomic E-state index is 1.09. The Kier molecular flexibility index (Phi) is 8.19. The van der Waals surface area contributed by atoms with Crippen molar-refractivity contribution < 1.29 is 0 Å². The maximum atomic E-state index is 2.46. The minimum Gasteiger partial charge on any atom is -0.311 e. The Bertz CT molecular complexity index is 3240. The van der Waals surface area contributed by atoms with Crippen molar-refractivity contribution in [1.29, 1.82) is 0 Å². The first-order valence-electron chi connectivity index (χ1n) is 19.9. The van der Waals surface area contributed by atoms with E-state index in [4.69, 9.17) is 0 Å². The molecule has 11 rings (SSSR count). The second kappa shape index (κ2) is 14.1. The van der Waals surface area contributed by atoms with Gasteiger partial charge in [-0.3, -0.25) is 0 Å². The van der Waals surface area contributed by atoms with Gasteiger partial charge in [-0.25, -0.2) is 0 Å². The Morgan fingerprint density at radius 3 is 1.53 bits per heavy atom. The molecule has 1 heterocycles. The van der Waals surface area contributed by atoms with Gasteiger partial charge in [0.15, 0.2) is 0 Å². The first kappa shape index (κ1) is 33.6. The van der Waals surface area contributed by atoms with Crippen molar-refractivity contribution in [2.24, 2.45) is 0 Å². The average Bonchev–Trinajstić information content (AvgIpc) is 3.64. The van der Waals surface area contributed by atoms with Gasteiger partial charge >= 0.3 is 0 Å². The van der Waals surface area contributed by atoms with Crippen LogP contribution in [0.1, 0.15) is 0 Å². The molecule has 0 aliphatic rings. The lowest BCUT2D eigenvalue weighted by Gasteiger charge is -2.26. The van der Waals surface area contributed by atoms with E-state index in [2.05, 4.69) is 240 Å². The molecule has 0 bridgehead atoms. The third-order valence-electron chi connectivity index (χ3n) is 11.6. The van der Waals surface area contributed by atoms with E-state index in [0.29, 0.717) is 0 Å². The van der Waals surface area contributed by atoms with Gasteiger partial charge in [0.2, 0.25) is 0 Å². The van der Waals surface area contributed by atoms with Gasteiger partial charge in [0.25, 0.3) is 0 Å². The molecule has 0 fully saturated rings. The lowest BCUT2D eigenvalue weighted by molar-refractivity contribution is 1.17. The lowest BCUT2D eigenvalue weighted by atomic mass is 9.94. The highest BCUT2D eigenvalue weighted by Crippen LogP contribution is 2.43. The van der Waals surface area contributed by atoms with Crippen LogP contribution in [0.2, 0.25) is 0 Å². The molecule has 0 atom stereocenters. The average molecular weight is 739 g/mol. The van der Waals surface area contributed by atoms with E-state index in [0.717, 1.165) is 22.7 Å². The maximum absolute atomic E-state index is 2.46. The second-order valence-electron chi connectivity index (χ2n) is 15.0. The molecule has 0 radical (unpaired) electrons. The molecule has 0 unspecified atom stereocenters. The molecule has 1 aromatic heterocycles. The molecule has 0 saturated carbocycles. The van der Waals surface area contributed by atoms with E-state index in [1.54, 1.807) is 0 Å². The van der Waals surface area contributed by atoms with E-state index < -0.39 is 0 Å². The van der Waals surface area contributed by atoms with Gasteiger partial charge in [-0.15, -0.1) is 0 Å². The highest BCUT2D eigenvalue weighted by atomic mass is 15.1. The summed E-state index contributed by atoms with van der Waals surface area (Å²) in [5.41, 5.74) is 14.0. The van der Waals surface area contributed by atoms with Crippen LogP contribution >= 0.6 is 0 Å². The topological polar surface area (TPSA) is 8.17 Å². The van der Waals surface area contributed by atoms with E-state index in [-0.39, 0.29) is 0 Å². The Labute approximate surface area is 338 Å². The summed E-state index contributed by atoms with van der Waals surface area (Å²) >= 11 is 0. The van der Waals surface area contributed by atoms with Gasteiger partial charge < -0.3 is 9.47 Å². The van der Waals surface area contributed by atoms with E-state index >= 15 is 0 Å². The normalized spacial score (nSPS) is 11.4. The summed E-state index contributed by atoms with van der Waals surface area (Å²) in [6.45, 7) is 0. The molecule has 0 spiro atoms. The number of hydrogen-bond acceptors (Lipinski definition) is 1. The van der Waals surface area contributed by atoms with Crippen molar-refractivity contribution in [1.82, 2.24) is 4.57 Å². The van der Waals surface area contributed by atoms with Gasteiger partial charge in [0.05, 0.1) is 11.0 Å². The van der Waals surface area contributed by atoms with Gasteiger partial charge in [-0.2, -0.15) is 0 Å². The minimum atomic E-state index is 1.09. The summed E-state index contributed by atoms with van der Waals surface area (Å²) in [6, 6.07) is 83.6. The van der Waals surface area contributed by atoms with Crippen LogP contribution in [0.3, 0.4) is 0 Å². The van der Waals surface area contributed by atoms with Crippen LogP contribution in [-0.4, -0.2) is 4.57 Å². The standard InChI is InChI=1S/C56H38N2/c1-4-14-39(15-5-1)45-28-35-52-54(37-45)58(55-38-53(42-17-6-2-7-18-42)50-22-12-13-23-51(50)56(52)55)49-33-31-48(32-34-49)57(46-20-8-3-9-21-46)47-29-26-41(27-30-47)44-25-24-40-16-10-11-19-43(40)36-44/h1-38H. The van der Waals surface area contributed by atoms with E-state index in [1.165, 1.54) is 76.7 Å². The van der Waals surface area contributed by atoms with E-state index in [1.807, 2.05) is 0 Å². The molecule has 0 N–H and O–H groups in total. The highest BCUT2D eigenvalue weighted by Gasteiger charge is 2.20. The van der Waals surface area contributed by atoms with Crippen molar-refractivity contribution in [3.63, 3.8) is 0 Å². The van der Waals surface area contributed by atoms with Gasteiger partial charge in [-0.1, -0.05) is 164 Å². The number of fused-ring (bicyclic) bond motifs is 6. The van der Waals surface area contributed by atoms with Crippen LogP contribution in [0.5, 0.6) is 0 Å². The molecule has 2 nitrogen and oxygen atoms in total. The lowest BCUT2D eigenvalue weighted by Crippen LogP contribution is -2.10. The predicted octanol–water partition coefficient (Wildman–Crippen LogP) is 15.6. The highest BCUT2D eigenvalue weighted by molar-refractivity contribution is 6.24. The van der Waals surface area contributed by atoms with Gasteiger partial charge in [0, 0.05) is 33.5 Å². The SMILES string of the molecule is c1ccc(-c2ccc3c4c5ccccc5c(-c5ccccc5)cc4n(-c4ccc(N(c5ccccc5)c5ccc(-c6ccc7ccccc7c6)cc5)cc4)c3c2)cc1. The Balaban J connectivity index is 1.07. The summed E-state index contributed by atoms with van der Waals surface area (Å²) < 4.78 is 2.46. The molecular weight excluding hydrogens is 701 g/mol. The number of nitrogens with zero attached hydrogens (tertiary/aromatic N) is 2. The van der Waals surface area contributed by atoms with Crippen molar-refractivity contribution in [3.05, 3.63) is 231 Å². The summed E-state index contributed by atoms with van der Waals surface area (Å²) in [4.78, 5) is 2.34. The summed E-state index contributed by atoms with van der Waals surface area (Å²) in [7, 11) is 0. The summed E-state index contributed by atoms with van der Waals surface area (Å²) in [5, 5.41) is 7.53. The number of benzene rings is 10. The zero-order valence-corrected chi connectivity index (χ0v) is 31.8. The molecule has 2 heteroatoms. The van der Waals surface area contributed by atoms with Gasteiger partial charge in [0.1, 0.15) is 0 Å². The summed E-state index contributed by atoms with van der Waals surface area (Å²) in [5.74, 6) is 0. The second-order valence-corrected chi connectivity index (χ2v) is 15.0. The number of aromatic nitrogens is 1. The Morgan fingerprint density at radius 1 is 0.293 bits per heavy atom. The van der Waals surface area contributed by atoms with Crippen molar-refractivity contribution in [2.75, 3.05) is 4.90 Å². The van der Waals surface area contributed by atoms with Crippen LogP contribution in [0, 0.1) is 0 Å². The third kappa shape index (κ3) is 5.82. The molecule has 0 aliphatic heterocycles. The van der Waals surface area contributed by atoms with Crippen LogP contribution in [0.4, 0.5) is 17.1 Å². The first-order valence-corrected chi connectivity index (χ1v) is 19.9. The van der Waals surface area contributed by atoms with Crippen LogP contribution < -0.4 is 4.90 Å². The molecule has 10 aromatic carbocycles. The number of hydrogen-bond donors (Lipinski definition) is 0.